The van der Waals surface area contributed by atoms with E-state index in [-0.39, 0.29) is 11.8 Å². The van der Waals surface area contributed by atoms with Gasteiger partial charge in [0.1, 0.15) is 0 Å². The van der Waals surface area contributed by atoms with Crippen LogP contribution in [0.2, 0.25) is 0 Å². The Kier molecular flexibility index (Phi) is 10.2. The van der Waals surface area contributed by atoms with Crippen LogP contribution in [0.3, 0.4) is 0 Å². The first-order chi connectivity index (χ1) is 37.6. The molecule has 4 aromatic heterocycles. The van der Waals surface area contributed by atoms with Gasteiger partial charge in [0.15, 0.2) is 11.6 Å². The molecule has 0 saturated heterocycles. The minimum atomic E-state index is 0.0200. The third-order valence-corrected chi connectivity index (χ3v) is 15.3. The lowest BCUT2D eigenvalue weighted by atomic mass is 9.61. The molecule has 13 aromatic rings. The van der Waals surface area contributed by atoms with E-state index in [1.165, 1.54) is 33.4 Å². The van der Waals surface area contributed by atoms with Gasteiger partial charge in [-0.25, -0.2) is 19.9 Å². The Morgan fingerprint density at radius 3 is 1.05 bits per heavy atom. The fourth-order valence-electron chi connectivity index (χ4n) is 11.7. The maximum Gasteiger partial charge on any atom is 0.160 e. The normalized spacial score (nSPS) is 14.1. The maximum absolute atomic E-state index is 5.38. The Morgan fingerprint density at radius 1 is 0.224 bits per heavy atom. The molecule has 0 aliphatic heterocycles. The summed E-state index contributed by atoms with van der Waals surface area (Å²) < 4.78 is 0. The van der Waals surface area contributed by atoms with Crippen LogP contribution in [-0.2, 0) is 0 Å². The lowest BCUT2D eigenvalue weighted by molar-refractivity contribution is 0.754. The van der Waals surface area contributed by atoms with Crippen LogP contribution in [0.5, 0.6) is 0 Å². The molecule has 0 fully saturated rings. The molecule has 0 N–H and O–H groups in total. The summed E-state index contributed by atoms with van der Waals surface area (Å²) in [7, 11) is 0. The van der Waals surface area contributed by atoms with Crippen molar-refractivity contribution in [1.82, 2.24) is 29.9 Å². The molecular weight excluding hydrogens is 925 g/mol. The molecule has 6 heteroatoms. The predicted molar refractivity (Wildman–Crippen MR) is 306 cm³/mol. The zero-order valence-electron chi connectivity index (χ0n) is 41.1. The first-order valence-corrected chi connectivity index (χ1v) is 25.8. The fourth-order valence-corrected chi connectivity index (χ4v) is 11.7. The van der Waals surface area contributed by atoms with Crippen molar-refractivity contribution in [3.8, 4) is 90.1 Å². The average molecular weight is 969 g/mol. The van der Waals surface area contributed by atoms with Crippen molar-refractivity contribution in [2.24, 2.45) is 0 Å². The average Bonchev–Trinajstić information content (AvgIpc) is 3.56. The lowest BCUT2D eigenvalue weighted by Gasteiger charge is -2.42. The number of pyridine rings is 2. The van der Waals surface area contributed by atoms with Crippen LogP contribution in [0.4, 0.5) is 0 Å². The molecule has 76 heavy (non-hydrogen) atoms. The van der Waals surface area contributed by atoms with Gasteiger partial charge in [-0.2, -0.15) is 0 Å². The number of benzene rings is 9. The van der Waals surface area contributed by atoms with E-state index in [9.17, 15) is 0 Å². The molecule has 4 heterocycles. The molecule has 3 aliphatic rings. The van der Waals surface area contributed by atoms with Crippen LogP contribution in [0.1, 0.15) is 45.2 Å². The third-order valence-electron chi connectivity index (χ3n) is 15.3. The van der Waals surface area contributed by atoms with E-state index in [1.807, 2.05) is 36.7 Å². The zero-order chi connectivity index (χ0) is 50.1. The fraction of sp³-hybridized carbons (Fsp3) is 0.0286. The van der Waals surface area contributed by atoms with E-state index in [2.05, 4.69) is 228 Å². The van der Waals surface area contributed by atoms with Gasteiger partial charge in [-0.15, -0.1) is 0 Å². The molecule has 2 atom stereocenters. The van der Waals surface area contributed by atoms with Gasteiger partial charge in [-0.1, -0.05) is 170 Å². The summed E-state index contributed by atoms with van der Waals surface area (Å²) in [6, 6.07) is 86.3. The van der Waals surface area contributed by atoms with Crippen molar-refractivity contribution in [1.29, 1.82) is 0 Å². The van der Waals surface area contributed by atoms with E-state index in [0.29, 0.717) is 11.6 Å². The summed E-state index contributed by atoms with van der Waals surface area (Å²) in [5.74, 6) is 1.43. The molecule has 2 bridgehead atoms. The van der Waals surface area contributed by atoms with Crippen LogP contribution in [0.25, 0.3) is 112 Å². The molecule has 6 nitrogen and oxygen atoms in total. The first-order valence-electron chi connectivity index (χ1n) is 25.8. The second-order valence-corrected chi connectivity index (χ2v) is 19.8. The molecule has 0 spiro atoms. The number of nitrogens with zero attached hydrogens (tertiary/aromatic N) is 6. The molecule has 16 rings (SSSR count). The Morgan fingerprint density at radius 2 is 0.592 bits per heavy atom. The van der Waals surface area contributed by atoms with Gasteiger partial charge in [0, 0.05) is 68.4 Å². The standard InChI is InChI=1S/C70H44N6/c1-3-13-43(14-4-1)63-41-65(51-19-9-17-45(35-51)47-27-31-61-49(37-47)21-11-33-71-61)75-69(73-63)53-25-29-57-59(39-53)67-55-23-7-8-24-56(55)68(57)60-40-54(26-30-58(60)67)70-74-64(44-15-5-2-6-16-44)42-66(76-70)52-20-10-18-46(36-52)48-28-32-62-50(38-48)22-12-34-72-62/h1-42,67-68H/t67-,68?/m1/s1. The number of rotatable bonds is 8. The van der Waals surface area contributed by atoms with Crippen LogP contribution in [-0.4, -0.2) is 29.9 Å². The molecule has 9 aromatic carbocycles. The smallest absolute Gasteiger partial charge is 0.160 e. The highest BCUT2D eigenvalue weighted by Gasteiger charge is 2.41. The number of hydrogen-bond acceptors (Lipinski definition) is 6. The molecule has 0 amide bonds. The van der Waals surface area contributed by atoms with E-state index in [0.717, 1.165) is 100 Å². The van der Waals surface area contributed by atoms with Crippen LogP contribution in [0, 0.1) is 0 Å². The Balaban J connectivity index is 0.825. The quantitative estimate of drug-likeness (QED) is 0.151. The first kappa shape index (κ1) is 43.5. The topological polar surface area (TPSA) is 77.3 Å². The highest BCUT2D eigenvalue weighted by atomic mass is 14.9. The van der Waals surface area contributed by atoms with Crippen molar-refractivity contribution in [2.45, 2.75) is 11.8 Å². The highest BCUT2D eigenvalue weighted by molar-refractivity contribution is 5.87. The molecule has 0 saturated carbocycles. The summed E-state index contributed by atoms with van der Waals surface area (Å²) in [6.45, 7) is 0. The van der Waals surface area contributed by atoms with Crippen LogP contribution >= 0.6 is 0 Å². The van der Waals surface area contributed by atoms with Crippen molar-refractivity contribution >= 4 is 21.8 Å². The van der Waals surface area contributed by atoms with Gasteiger partial charge in [0.2, 0.25) is 0 Å². The van der Waals surface area contributed by atoms with Crippen molar-refractivity contribution in [3.05, 3.63) is 288 Å². The summed E-state index contributed by atoms with van der Waals surface area (Å²) in [5.41, 5.74) is 23.9. The Bertz CT molecular complexity index is 4150. The summed E-state index contributed by atoms with van der Waals surface area (Å²) in [6.07, 6.45) is 3.68. The van der Waals surface area contributed by atoms with E-state index in [4.69, 9.17) is 19.9 Å². The highest BCUT2D eigenvalue weighted by Crippen LogP contribution is 2.56. The van der Waals surface area contributed by atoms with Gasteiger partial charge >= 0.3 is 0 Å². The van der Waals surface area contributed by atoms with Crippen molar-refractivity contribution < 1.29 is 0 Å². The van der Waals surface area contributed by atoms with Gasteiger partial charge in [0.05, 0.1) is 33.8 Å². The van der Waals surface area contributed by atoms with Gasteiger partial charge in [-0.05, 0) is 128 Å². The molecular formula is C70H44N6. The minimum absolute atomic E-state index is 0.0200. The van der Waals surface area contributed by atoms with E-state index in [1.54, 1.807) is 0 Å². The van der Waals surface area contributed by atoms with Crippen LogP contribution < -0.4 is 0 Å². The largest absolute Gasteiger partial charge is 0.256 e. The summed E-state index contributed by atoms with van der Waals surface area (Å²) in [5, 5.41) is 2.22. The number of fused-ring (bicyclic) bond motifs is 2. The lowest BCUT2D eigenvalue weighted by Crippen LogP contribution is -2.27. The van der Waals surface area contributed by atoms with E-state index < -0.39 is 0 Å². The van der Waals surface area contributed by atoms with Crippen molar-refractivity contribution in [2.75, 3.05) is 0 Å². The van der Waals surface area contributed by atoms with Crippen molar-refractivity contribution in [3.63, 3.8) is 0 Å². The summed E-state index contributed by atoms with van der Waals surface area (Å²) in [4.78, 5) is 30.5. The predicted octanol–water partition coefficient (Wildman–Crippen LogP) is 16.7. The minimum Gasteiger partial charge on any atom is -0.256 e. The SMILES string of the molecule is c1ccc(-c2cc(-c3cccc(-c4ccc5ncccc5c4)c3)nc(-c3ccc4c(c3)C3c5ccccc5[C@H]4c4cc(-c5nc(-c6ccccc6)cc(-c6cccc(-c7ccc8ncccc8c7)c6)n5)ccc43)n2)cc1. The molecule has 354 valence electrons. The summed E-state index contributed by atoms with van der Waals surface area (Å²) >= 11 is 0. The van der Waals surface area contributed by atoms with Gasteiger partial charge < -0.3 is 0 Å². The van der Waals surface area contributed by atoms with Gasteiger partial charge in [-0.3, -0.25) is 9.97 Å². The third kappa shape index (κ3) is 7.57. The Hall–Kier alpha value is -10.0. The van der Waals surface area contributed by atoms with Gasteiger partial charge in [0.25, 0.3) is 0 Å². The second-order valence-electron chi connectivity index (χ2n) is 19.8. The van der Waals surface area contributed by atoms with Crippen LogP contribution in [0.15, 0.2) is 255 Å². The van der Waals surface area contributed by atoms with E-state index >= 15 is 0 Å². The number of aromatic nitrogens is 6. The molecule has 0 radical (unpaired) electrons. The monoisotopic (exact) mass is 968 g/mol. The maximum atomic E-state index is 5.38. The number of hydrogen-bond donors (Lipinski definition) is 0. The zero-order valence-corrected chi connectivity index (χ0v) is 41.1. The molecule has 3 aliphatic carbocycles. The Labute approximate surface area is 439 Å². The molecule has 1 unspecified atom stereocenters. The second kappa shape index (κ2) is 17.9.